The van der Waals surface area contributed by atoms with Crippen molar-refractivity contribution in [3.8, 4) is 5.75 Å². The lowest BCUT2D eigenvalue weighted by molar-refractivity contribution is -0.683. The van der Waals surface area contributed by atoms with Gasteiger partial charge in [0.15, 0.2) is 12.7 Å². The molecule has 3 aromatic rings. The molecule has 0 bridgehead atoms. The fraction of sp³-hybridized carbons (Fsp3) is 0.484. The number of thiazole rings is 1. The summed E-state index contributed by atoms with van der Waals surface area (Å²) in [5, 5.41) is 5.53. The highest BCUT2D eigenvalue weighted by atomic mass is 79.9. The van der Waals surface area contributed by atoms with E-state index in [4.69, 9.17) is 16.3 Å². The topological polar surface area (TPSA) is 42.2 Å². The van der Waals surface area contributed by atoms with E-state index in [0.717, 1.165) is 17.7 Å². The summed E-state index contributed by atoms with van der Waals surface area (Å²) in [6.07, 6.45) is 17.8. The van der Waals surface area contributed by atoms with Crippen LogP contribution in [0, 0.1) is 0 Å². The third-order valence-electron chi connectivity index (χ3n) is 6.60. The van der Waals surface area contributed by atoms with Gasteiger partial charge in [0.2, 0.25) is 5.51 Å². The first kappa shape index (κ1) is 32.3. The summed E-state index contributed by atoms with van der Waals surface area (Å²) in [6, 6.07) is 13.1. The Balaban J connectivity index is 0.00000507. The zero-order valence-electron chi connectivity index (χ0n) is 22.6. The van der Waals surface area contributed by atoms with Gasteiger partial charge in [0, 0.05) is 11.1 Å². The largest absolute Gasteiger partial charge is 1.00 e. The summed E-state index contributed by atoms with van der Waals surface area (Å²) in [4.78, 5) is 12.9. The van der Waals surface area contributed by atoms with Gasteiger partial charge in [-0.3, -0.25) is 4.79 Å². The van der Waals surface area contributed by atoms with Crippen LogP contribution in [0.5, 0.6) is 5.75 Å². The van der Waals surface area contributed by atoms with E-state index in [1.807, 2.05) is 41.4 Å². The van der Waals surface area contributed by atoms with E-state index < -0.39 is 0 Å². The molecule has 1 aromatic heterocycles. The molecule has 0 saturated carbocycles. The average Bonchev–Trinajstić information content (AvgIpc) is 3.42. The maximum absolute atomic E-state index is 12.9. The quantitative estimate of drug-likeness (QED) is 0.138. The molecule has 0 aliphatic rings. The maximum Gasteiger partial charge on any atom is 0.255 e. The van der Waals surface area contributed by atoms with E-state index in [0.29, 0.717) is 29.5 Å². The van der Waals surface area contributed by atoms with Gasteiger partial charge in [0.05, 0.1) is 22.7 Å². The Bertz CT molecular complexity index is 1060. The number of para-hydroxylation sites is 1. The Morgan fingerprint density at radius 1 is 0.921 bits per heavy atom. The van der Waals surface area contributed by atoms with Crippen molar-refractivity contribution in [2.75, 3.05) is 11.9 Å². The summed E-state index contributed by atoms with van der Waals surface area (Å²) in [7, 11) is 0. The molecule has 1 heterocycles. The van der Waals surface area contributed by atoms with Crippen molar-refractivity contribution < 1.29 is 31.1 Å². The van der Waals surface area contributed by atoms with Gasteiger partial charge in [-0.2, -0.15) is 4.57 Å². The van der Waals surface area contributed by atoms with Crippen LogP contribution < -0.4 is 31.6 Å². The van der Waals surface area contributed by atoms with Gasteiger partial charge in [-0.25, -0.2) is 0 Å². The zero-order valence-corrected chi connectivity index (χ0v) is 25.8. The molecule has 0 aliphatic heterocycles. The molecule has 208 valence electrons. The van der Waals surface area contributed by atoms with Gasteiger partial charge in [-0.1, -0.05) is 119 Å². The first-order valence-electron chi connectivity index (χ1n) is 13.9. The predicted molar refractivity (Wildman–Crippen MR) is 156 cm³/mol. The van der Waals surface area contributed by atoms with Gasteiger partial charge >= 0.3 is 0 Å². The number of unbranched alkanes of at least 4 members (excludes halogenated alkanes) is 11. The fourth-order valence-electron chi connectivity index (χ4n) is 4.41. The number of ether oxygens (including phenoxy) is 1. The van der Waals surface area contributed by atoms with Crippen LogP contribution >= 0.6 is 22.9 Å². The number of halogens is 2. The summed E-state index contributed by atoms with van der Waals surface area (Å²) in [5.41, 5.74) is 4.41. The average molecular weight is 622 g/mol. The molecular formula is C31H42BrClN2O2S. The van der Waals surface area contributed by atoms with E-state index in [1.165, 1.54) is 70.6 Å². The number of hydrogen-bond donors (Lipinski definition) is 1. The molecule has 0 radical (unpaired) electrons. The molecule has 3 rings (SSSR count). The van der Waals surface area contributed by atoms with Gasteiger partial charge in [0.1, 0.15) is 5.75 Å². The number of carbonyl (C=O) groups is 1. The normalized spacial score (nSPS) is 10.7. The van der Waals surface area contributed by atoms with E-state index >= 15 is 0 Å². The molecule has 4 nitrogen and oxygen atoms in total. The van der Waals surface area contributed by atoms with Crippen molar-refractivity contribution in [1.82, 2.24) is 0 Å². The Morgan fingerprint density at radius 3 is 2.21 bits per heavy atom. The summed E-state index contributed by atoms with van der Waals surface area (Å²) < 4.78 is 7.99. The molecule has 0 fully saturated rings. The number of carbonyl (C=O) groups excluding carboxylic acids is 1. The molecule has 2 aromatic carbocycles. The van der Waals surface area contributed by atoms with Gasteiger partial charge < -0.3 is 27.0 Å². The molecule has 1 N–H and O–H groups in total. The highest BCUT2D eigenvalue weighted by Crippen LogP contribution is 2.27. The number of anilines is 1. The van der Waals surface area contributed by atoms with Crippen LogP contribution in [0.2, 0.25) is 5.02 Å². The second kappa shape index (κ2) is 19.2. The third-order valence-corrected chi connectivity index (χ3v) is 7.56. The Hall–Kier alpha value is -1.89. The van der Waals surface area contributed by atoms with Crippen LogP contribution in [0.25, 0.3) is 0 Å². The number of hydrogen-bond acceptors (Lipinski definition) is 3. The van der Waals surface area contributed by atoms with Crippen molar-refractivity contribution in [3.63, 3.8) is 0 Å². The minimum Gasteiger partial charge on any atom is -1.00 e. The molecule has 0 atom stereocenters. The minimum absolute atomic E-state index is 0. The van der Waals surface area contributed by atoms with Crippen LogP contribution in [0.3, 0.4) is 0 Å². The monoisotopic (exact) mass is 620 g/mol. The van der Waals surface area contributed by atoms with Crippen molar-refractivity contribution in [1.29, 1.82) is 0 Å². The molecule has 38 heavy (non-hydrogen) atoms. The molecule has 0 spiro atoms. The van der Waals surface area contributed by atoms with Crippen molar-refractivity contribution in [2.45, 2.75) is 90.5 Å². The summed E-state index contributed by atoms with van der Waals surface area (Å²) in [5.74, 6) is 0.452. The molecule has 1 amide bonds. The number of nitrogens with one attached hydrogen (secondary N) is 1. The van der Waals surface area contributed by atoms with Crippen molar-refractivity contribution >= 4 is 34.5 Å². The number of amides is 1. The number of benzene rings is 2. The third kappa shape index (κ3) is 11.9. The summed E-state index contributed by atoms with van der Waals surface area (Å²) >= 11 is 8.09. The first-order chi connectivity index (χ1) is 18.2. The minimum atomic E-state index is -0.183. The molecular weight excluding hydrogens is 580 g/mol. The number of aromatic nitrogens is 1. The van der Waals surface area contributed by atoms with Crippen LogP contribution in [0.1, 0.15) is 99.9 Å². The van der Waals surface area contributed by atoms with E-state index in [2.05, 4.69) is 16.8 Å². The van der Waals surface area contributed by atoms with Crippen LogP contribution in [-0.4, -0.2) is 12.5 Å². The van der Waals surface area contributed by atoms with Crippen molar-refractivity contribution in [2.24, 2.45) is 0 Å². The second-order valence-corrected chi connectivity index (χ2v) is 10.9. The Morgan fingerprint density at radius 2 is 1.58 bits per heavy atom. The van der Waals surface area contributed by atoms with E-state index in [-0.39, 0.29) is 22.9 Å². The first-order valence-corrected chi connectivity index (χ1v) is 15.2. The lowest BCUT2D eigenvalue weighted by Crippen LogP contribution is -3.00. The second-order valence-electron chi connectivity index (χ2n) is 9.69. The van der Waals surface area contributed by atoms with Crippen molar-refractivity contribution in [3.05, 3.63) is 75.7 Å². The lowest BCUT2D eigenvalue weighted by Gasteiger charge is -2.11. The highest BCUT2D eigenvalue weighted by Gasteiger charge is 2.14. The van der Waals surface area contributed by atoms with Gasteiger partial charge in [-0.05, 0) is 30.7 Å². The summed E-state index contributed by atoms with van der Waals surface area (Å²) in [6.45, 7) is 3.62. The lowest BCUT2D eigenvalue weighted by atomic mass is 10.1. The van der Waals surface area contributed by atoms with Gasteiger partial charge in [0.25, 0.3) is 5.91 Å². The smallest absolute Gasteiger partial charge is 0.255 e. The standard InChI is InChI=1S/C31H41ClN2O2S.BrH/c1-2-3-4-5-6-7-8-9-10-11-12-15-21-36-30-19-18-26(23-28(30)32)31(35)33-29-17-14-13-16-27(29)24-34-20-22-37-25-34;/h13-14,16-20,22-23,25H,2-12,15,21,24H2,1H3;1H. The Kier molecular flexibility index (Phi) is 16.3. The molecule has 0 unspecified atom stereocenters. The number of rotatable bonds is 18. The highest BCUT2D eigenvalue weighted by molar-refractivity contribution is 7.07. The molecule has 0 aliphatic carbocycles. The van der Waals surface area contributed by atoms with Crippen LogP contribution in [0.15, 0.2) is 59.6 Å². The van der Waals surface area contributed by atoms with E-state index in [9.17, 15) is 4.79 Å². The number of nitrogens with zero attached hydrogens (tertiary/aromatic N) is 1. The van der Waals surface area contributed by atoms with Gasteiger partial charge in [-0.15, -0.1) is 0 Å². The molecule has 0 saturated heterocycles. The van der Waals surface area contributed by atoms with E-state index in [1.54, 1.807) is 29.5 Å². The maximum atomic E-state index is 12.9. The predicted octanol–water partition coefficient (Wildman–Crippen LogP) is 6.07. The van der Waals surface area contributed by atoms with Crippen LogP contribution in [0.4, 0.5) is 5.69 Å². The molecule has 7 heteroatoms. The Labute approximate surface area is 248 Å². The van der Waals surface area contributed by atoms with Crippen LogP contribution in [-0.2, 0) is 6.54 Å². The zero-order chi connectivity index (χ0) is 26.1. The SMILES string of the molecule is CCCCCCCCCCCCCCOc1ccc(C(=O)Nc2ccccc2C[n+]2ccsc2)cc1Cl.[Br-]. The fourth-order valence-corrected chi connectivity index (χ4v) is 5.24.